The van der Waals surface area contributed by atoms with Gasteiger partial charge < -0.3 is 9.84 Å². The van der Waals surface area contributed by atoms with Gasteiger partial charge in [0.25, 0.3) is 0 Å². The van der Waals surface area contributed by atoms with Crippen molar-refractivity contribution in [1.82, 2.24) is 4.90 Å². The van der Waals surface area contributed by atoms with Crippen LogP contribution >= 0.6 is 15.9 Å². The smallest absolute Gasteiger partial charge is 0.0900 e. The van der Waals surface area contributed by atoms with E-state index in [0.29, 0.717) is 13.2 Å². The van der Waals surface area contributed by atoms with Crippen molar-refractivity contribution in [3.05, 3.63) is 34.3 Å². The Labute approximate surface area is 112 Å². The molecule has 1 aromatic rings. The minimum Gasteiger partial charge on any atom is -0.389 e. The van der Waals surface area contributed by atoms with Crippen molar-refractivity contribution in [2.75, 3.05) is 27.3 Å². The quantitative estimate of drug-likeness (QED) is 0.876. The predicted octanol–water partition coefficient (Wildman–Crippen LogP) is 2.45. The summed E-state index contributed by atoms with van der Waals surface area (Å²) in [6, 6.07) is 8.52. The van der Waals surface area contributed by atoms with Crippen LogP contribution in [-0.4, -0.2) is 43.4 Å². The molecule has 0 radical (unpaired) electrons. The van der Waals surface area contributed by atoms with Gasteiger partial charge in [-0.3, -0.25) is 4.90 Å². The lowest BCUT2D eigenvalue weighted by Crippen LogP contribution is -2.33. The highest BCUT2D eigenvalue weighted by molar-refractivity contribution is 9.10. The molecule has 2 unspecified atom stereocenters. The normalized spacial score (nSPS) is 14.9. The number of nitrogens with zero attached hydrogens (tertiary/aromatic N) is 1. The molecule has 0 spiro atoms. The van der Waals surface area contributed by atoms with Crippen LogP contribution in [0.4, 0.5) is 0 Å². The van der Waals surface area contributed by atoms with Crippen molar-refractivity contribution in [3.63, 3.8) is 0 Å². The van der Waals surface area contributed by atoms with E-state index < -0.39 is 6.10 Å². The zero-order valence-electron chi connectivity index (χ0n) is 10.6. The van der Waals surface area contributed by atoms with Crippen LogP contribution in [0.5, 0.6) is 0 Å². The first-order valence-corrected chi connectivity index (χ1v) is 6.46. The summed E-state index contributed by atoms with van der Waals surface area (Å²) in [4.78, 5) is 2.12. The number of aliphatic hydroxyl groups excluding tert-OH is 1. The van der Waals surface area contributed by atoms with Gasteiger partial charge in [0, 0.05) is 24.2 Å². The molecule has 0 aliphatic carbocycles. The molecule has 1 rings (SSSR count). The SMILES string of the molecule is COCC(O)CN(C)C(C)c1ccc(Br)cc1. The minimum absolute atomic E-state index is 0.273. The Kier molecular flexibility index (Phi) is 6.12. The summed E-state index contributed by atoms with van der Waals surface area (Å²) in [5.41, 5.74) is 1.24. The van der Waals surface area contributed by atoms with Crippen LogP contribution in [0.3, 0.4) is 0 Å². The van der Waals surface area contributed by atoms with Gasteiger partial charge in [-0.1, -0.05) is 28.1 Å². The van der Waals surface area contributed by atoms with Crippen molar-refractivity contribution in [1.29, 1.82) is 0 Å². The predicted molar refractivity (Wildman–Crippen MR) is 73.1 cm³/mol. The largest absolute Gasteiger partial charge is 0.389 e. The summed E-state index contributed by atoms with van der Waals surface area (Å²) in [5.74, 6) is 0. The van der Waals surface area contributed by atoms with Crippen molar-refractivity contribution >= 4 is 15.9 Å². The molecule has 4 heteroatoms. The van der Waals surface area contributed by atoms with Gasteiger partial charge in [-0.2, -0.15) is 0 Å². The molecular weight excluding hydrogens is 282 g/mol. The van der Waals surface area contributed by atoms with E-state index in [2.05, 4.69) is 39.9 Å². The number of rotatable bonds is 6. The molecule has 1 N–H and O–H groups in total. The van der Waals surface area contributed by atoms with Crippen molar-refractivity contribution in [2.45, 2.75) is 19.1 Å². The average Bonchev–Trinajstić information content (AvgIpc) is 2.29. The Balaban J connectivity index is 2.56. The van der Waals surface area contributed by atoms with Gasteiger partial charge in [-0.15, -0.1) is 0 Å². The van der Waals surface area contributed by atoms with Crippen molar-refractivity contribution in [2.24, 2.45) is 0 Å². The Bertz CT molecular complexity index is 329. The number of hydrogen-bond donors (Lipinski definition) is 1. The molecule has 17 heavy (non-hydrogen) atoms. The zero-order chi connectivity index (χ0) is 12.8. The van der Waals surface area contributed by atoms with E-state index in [4.69, 9.17) is 4.74 Å². The van der Waals surface area contributed by atoms with Crippen LogP contribution in [0.1, 0.15) is 18.5 Å². The Morgan fingerprint density at radius 2 is 1.94 bits per heavy atom. The molecule has 96 valence electrons. The Hall–Kier alpha value is -0.420. The Morgan fingerprint density at radius 1 is 1.35 bits per heavy atom. The van der Waals surface area contributed by atoms with Crippen LogP contribution in [0.25, 0.3) is 0 Å². The third-order valence-corrected chi connectivity index (χ3v) is 3.40. The first kappa shape index (κ1) is 14.6. The van der Waals surface area contributed by atoms with E-state index in [0.717, 1.165) is 4.47 Å². The fraction of sp³-hybridized carbons (Fsp3) is 0.538. The molecule has 3 nitrogen and oxygen atoms in total. The maximum atomic E-state index is 9.69. The van der Waals surface area contributed by atoms with E-state index >= 15 is 0 Å². The highest BCUT2D eigenvalue weighted by atomic mass is 79.9. The molecule has 0 fully saturated rings. The van der Waals surface area contributed by atoms with E-state index in [1.807, 2.05) is 19.2 Å². The van der Waals surface area contributed by atoms with Gasteiger partial charge in [-0.05, 0) is 31.7 Å². The third kappa shape index (κ3) is 4.76. The molecule has 0 aliphatic heterocycles. The number of hydrogen-bond acceptors (Lipinski definition) is 3. The van der Waals surface area contributed by atoms with E-state index in [9.17, 15) is 5.11 Å². The molecule has 1 aromatic carbocycles. The number of ether oxygens (including phenoxy) is 1. The van der Waals surface area contributed by atoms with Crippen LogP contribution in [0.15, 0.2) is 28.7 Å². The highest BCUT2D eigenvalue weighted by Gasteiger charge is 2.15. The topological polar surface area (TPSA) is 32.7 Å². The molecule has 2 atom stereocenters. The van der Waals surface area contributed by atoms with Gasteiger partial charge >= 0.3 is 0 Å². The van der Waals surface area contributed by atoms with E-state index in [-0.39, 0.29) is 6.04 Å². The second-order valence-corrected chi connectivity index (χ2v) is 5.19. The summed E-state index contributed by atoms with van der Waals surface area (Å²) < 4.78 is 6.00. The van der Waals surface area contributed by atoms with Gasteiger partial charge in [0.05, 0.1) is 12.7 Å². The number of halogens is 1. The molecule has 0 aromatic heterocycles. The lowest BCUT2D eigenvalue weighted by Gasteiger charge is -2.27. The fourth-order valence-electron chi connectivity index (χ4n) is 1.73. The summed E-state index contributed by atoms with van der Waals surface area (Å²) in [6.07, 6.45) is -0.442. The van der Waals surface area contributed by atoms with E-state index in [1.54, 1.807) is 7.11 Å². The van der Waals surface area contributed by atoms with Crippen LogP contribution < -0.4 is 0 Å². The summed E-state index contributed by atoms with van der Waals surface area (Å²) >= 11 is 3.42. The van der Waals surface area contributed by atoms with Crippen LogP contribution in [-0.2, 0) is 4.74 Å². The number of benzene rings is 1. The maximum absolute atomic E-state index is 9.69. The molecular formula is C13H20BrNO2. The lowest BCUT2D eigenvalue weighted by molar-refractivity contribution is 0.0357. The summed E-state index contributed by atoms with van der Waals surface area (Å²) in [7, 11) is 3.60. The highest BCUT2D eigenvalue weighted by Crippen LogP contribution is 2.21. The van der Waals surface area contributed by atoms with Gasteiger partial charge in [0.15, 0.2) is 0 Å². The second kappa shape index (κ2) is 7.11. The van der Waals surface area contributed by atoms with Gasteiger partial charge in [-0.25, -0.2) is 0 Å². The molecule has 0 saturated heterocycles. The number of likely N-dealkylation sites (N-methyl/N-ethyl adjacent to an activating group) is 1. The Morgan fingerprint density at radius 3 is 2.47 bits per heavy atom. The molecule has 0 saturated carbocycles. The van der Waals surface area contributed by atoms with Crippen LogP contribution in [0.2, 0.25) is 0 Å². The van der Waals surface area contributed by atoms with Crippen molar-refractivity contribution < 1.29 is 9.84 Å². The molecule has 0 bridgehead atoms. The van der Waals surface area contributed by atoms with Crippen LogP contribution in [0, 0.1) is 0 Å². The number of methoxy groups -OCH3 is 1. The minimum atomic E-state index is -0.442. The third-order valence-electron chi connectivity index (χ3n) is 2.87. The van der Waals surface area contributed by atoms with Gasteiger partial charge in [0.1, 0.15) is 0 Å². The summed E-state index contributed by atoms with van der Waals surface area (Å²) in [5, 5.41) is 9.69. The first-order valence-electron chi connectivity index (χ1n) is 5.67. The molecule has 0 aliphatic rings. The van der Waals surface area contributed by atoms with E-state index in [1.165, 1.54) is 5.56 Å². The monoisotopic (exact) mass is 301 g/mol. The van der Waals surface area contributed by atoms with Gasteiger partial charge in [0.2, 0.25) is 0 Å². The number of aliphatic hydroxyl groups is 1. The second-order valence-electron chi connectivity index (χ2n) is 4.28. The molecule has 0 amide bonds. The fourth-order valence-corrected chi connectivity index (χ4v) is 2.00. The van der Waals surface area contributed by atoms with Crippen molar-refractivity contribution in [3.8, 4) is 0 Å². The maximum Gasteiger partial charge on any atom is 0.0900 e. The first-order chi connectivity index (χ1) is 8.04. The molecule has 0 heterocycles. The average molecular weight is 302 g/mol. The standard InChI is InChI=1S/C13H20BrNO2/c1-10(11-4-6-12(14)7-5-11)15(2)8-13(16)9-17-3/h4-7,10,13,16H,8-9H2,1-3H3. The zero-order valence-corrected chi connectivity index (χ0v) is 12.1. The summed E-state index contributed by atoms with van der Waals surface area (Å²) in [6.45, 7) is 3.10. The lowest BCUT2D eigenvalue weighted by atomic mass is 10.1.